The summed E-state index contributed by atoms with van der Waals surface area (Å²) in [6.07, 6.45) is -23.3. The van der Waals surface area contributed by atoms with Gasteiger partial charge in [-0.3, -0.25) is 0 Å². The lowest BCUT2D eigenvalue weighted by molar-refractivity contribution is -0.340. The molecule has 0 saturated carbocycles. The van der Waals surface area contributed by atoms with Crippen molar-refractivity contribution >= 4 is 0 Å². The van der Waals surface area contributed by atoms with Crippen LogP contribution < -0.4 is 4.74 Å². The van der Waals surface area contributed by atoms with E-state index in [-0.39, 0.29) is 12.1 Å². The van der Waals surface area contributed by atoms with Crippen molar-refractivity contribution in [2.75, 3.05) is 0 Å². The highest BCUT2D eigenvalue weighted by atomic mass is 19.4. The van der Waals surface area contributed by atoms with Crippen LogP contribution in [-0.2, 0) is 0 Å². The fraction of sp³-hybridized carbons (Fsp3) is 0.455. The van der Waals surface area contributed by atoms with Crippen molar-refractivity contribution < 1.29 is 53.0 Å². The van der Waals surface area contributed by atoms with Crippen molar-refractivity contribution in [3.8, 4) is 5.75 Å². The lowest BCUT2D eigenvalue weighted by atomic mass is 10.0. The minimum atomic E-state index is -6.37. The molecule has 0 bridgehead atoms. The zero-order valence-electron chi connectivity index (χ0n) is 10.5. The molecule has 1 aromatic rings. The molecule has 12 heteroatoms. The molecule has 23 heavy (non-hydrogen) atoms. The summed E-state index contributed by atoms with van der Waals surface area (Å²) in [7, 11) is 0. The minimum Gasteiger partial charge on any atom is -0.477 e. The average Bonchev–Trinajstić information content (AvgIpc) is 2.26. The summed E-state index contributed by atoms with van der Waals surface area (Å²) in [6, 6.07) is 0.397. The fourth-order valence-electron chi connectivity index (χ4n) is 1.56. The Bertz CT molecular complexity index is 528. The van der Waals surface area contributed by atoms with E-state index in [1.807, 2.05) is 0 Å². The second-order valence-corrected chi connectivity index (χ2v) is 4.22. The third kappa shape index (κ3) is 4.86. The Morgan fingerprint density at radius 1 is 0.739 bits per heavy atom. The molecule has 0 fully saturated rings. The van der Waals surface area contributed by atoms with Gasteiger partial charge in [-0.15, -0.1) is 0 Å². The number of alkyl halides is 9. The predicted molar refractivity (Wildman–Crippen MR) is 52.4 cm³/mol. The van der Waals surface area contributed by atoms with Gasteiger partial charge in [-0.25, -0.2) is 8.78 Å². The SMILES string of the molecule is Fc1ccc(OC(C(C(F)(F)F)C(F)(F)F)C(F)(F)F)c(F)c1. The zero-order valence-corrected chi connectivity index (χ0v) is 10.5. The molecule has 0 N–H and O–H groups in total. The molecule has 1 atom stereocenters. The molecule has 0 amide bonds. The Morgan fingerprint density at radius 3 is 1.57 bits per heavy atom. The molecule has 0 heterocycles. The number of hydrogen-bond acceptors (Lipinski definition) is 1. The maximum atomic E-state index is 13.2. The van der Waals surface area contributed by atoms with Crippen molar-refractivity contribution in [2.24, 2.45) is 5.92 Å². The lowest BCUT2D eigenvalue weighted by Gasteiger charge is -2.32. The van der Waals surface area contributed by atoms with Gasteiger partial charge in [0.25, 0.3) is 0 Å². The fourth-order valence-corrected chi connectivity index (χ4v) is 1.56. The second-order valence-electron chi connectivity index (χ2n) is 4.22. The molecular weight excluding hydrogens is 357 g/mol. The average molecular weight is 362 g/mol. The van der Waals surface area contributed by atoms with Crippen molar-refractivity contribution in [1.82, 2.24) is 0 Å². The third-order valence-electron chi connectivity index (χ3n) is 2.48. The number of ether oxygens (including phenoxy) is 1. The van der Waals surface area contributed by atoms with Gasteiger partial charge in [0.05, 0.1) is 0 Å². The van der Waals surface area contributed by atoms with Gasteiger partial charge < -0.3 is 4.74 Å². The zero-order chi connectivity index (χ0) is 18.2. The summed E-state index contributed by atoms with van der Waals surface area (Å²) >= 11 is 0. The molecule has 0 aliphatic rings. The molecular formula is C11H5F11O. The topological polar surface area (TPSA) is 9.23 Å². The molecule has 0 radical (unpaired) electrons. The van der Waals surface area contributed by atoms with E-state index in [2.05, 4.69) is 4.74 Å². The largest absolute Gasteiger partial charge is 0.477 e. The molecule has 1 nitrogen and oxygen atoms in total. The molecule has 1 aromatic carbocycles. The van der Waals surface area contributed by atoms with Crippen LogP contribution in [0.2, 0.25) is 0 Å². The van der Waals surface area contributed by atoms with Crippen molar-refractivity contribution in [1.29, 1.82) is 0 Å². The Morgan fingerprint density at radius 2 is 1.22 bits per heavy atom. The van der Waals surface area contributed by atoms with Crippen LogP contribution in [0.3, 0.4) is 0 Å². The maximum absolute atomic E-state index is 13.2. The van der Waals surface area contributed by atoms with Crippen LogP contribution in [0.25, 0.3) is 0 Å². The van der Waals surface area contributed by atoms with Crippen LogP contribution in [0.1, 0.15) is 0 Å². The summed E-state index contributed by atoms with van der Waals surface area (Å²) in [5.41, 5.74) is 0. The third-order valence-corrected chi connectivity index (χ3v) is 2.48. The number of benzene rings is 1. The predicted octanol–water partition coefficient (Wildman–Crippen LogP) is 5.02. The Balaban J connectivity index is 3.34. The van der Waals surface area contributed by atoms with E-state index in [9.17, 15) is 48.3 Å². The number of halogens is 11. The van der Waals surface area contributed by atoms with Crippen LogP contribution in [-0.4, -0.2) is 24.6 Å². The van der Waals surface area contributed by atoms with Crippen LogP contribution >= 0.6 is 0 Å². The van der Waals surface area contributed by atoms with Crippen LogP contribution in [0.15, 0.2) is 18.2 Å². The van der Waals surface area contributed by atoms with Crippen LogP contribution in [0.4, 0.5) is 48.3 Å². The normalized spacial score (nSPS) is 15.0. The molecule has 0 aromatic heterocycles. The molecule has 1 rings (SSSR count). The molecule has 0 aliphatic heterocycles. The first-order chi connectivity index (χ1) is 10.1. The second kappa shape index (κ2) is 6.04. The highest BCUT2D eigenvalue weighted by molar-refractivity contribution is 5.25. The first-order valence-electron chi connectivity index (χ1n) is 5.46. The lowest BCUT2D eigenvalue weighted by Crippen LogP contribution is -2.53. The van der Waals surface area contributed by atoms with Crippen LogP contribution in [0.5, 0.6) is 5.75 Å². The van der Waals surface area contributed by atoms with E-state index >= 15 is 0 Å². The van der Waals surface area contributed by atoms with Crippen LogP contribution in [0, 0.1) is 17.6 Å². The van der Waals surface area contributed by atoms with E-state index in [0.29, 0.717) is 6.07 Å². The molecule has 132 valence electrons. The Kier molecular flexibility index (Phi) is 5.07. The summed E-state index contributed by atoms with van der Waals surface area (Å²) in [4.78, 5) is 0. The van der Waals surface area contributed by atoms with Crippen molar-refractivity contribution in [3.05, 3.63) is 29.8 Å². The van der Waals surface area contributed by atoms with Gasteiger partial charge >= 0.3 is 18.5 Å². The first-order valence-corrected chi connectivity index (χ1v) is 5.46. The van der Waals surface area contributed by atoms with Gasteiger partial charge in [0.1, 0.15) is 5.82 Å². The Hall–Kier alpha value is -1.75. The van der Waals surface area contributed by atoms with E-state index in [0.717, 1.165) is 0 Å². The first kappa shape index (κ1) is 19.3. The summed E-state index contributed by atoms with van der Waals surface area (Å²) in [5.74, 6) is -9.75. The standard InChI is InChI=1S/C11H5F11O/c12-4-1-2-6(5(13)3-4)23-8(11(20,21)22)7(9(14,15)16)10(17,18)19/h1-3,7-8H. The monoisotopic (exact) mass is 362 g/mol. The molecule has 0 aliphatic carbocycles. The van der Waals surface area contributed by atoms with Gasteiger partial charge in [0, 0.05) is 6.07 Å². The summed E-state index contributed by atoms with van der Waals surface area (Å²) in [6.45, 7) is 0. The molecule has 0 saturated heterocycles. The minimum absolute atomic E-state index is 0.0566. The quantitative estimate of drug-likeness (QED) is 0.687. The Labute approximate surface area is 120 Å². The van der Waals surface area contributed by atoms with Gasteiger partial charge in [-0.2, -0.15) is 39.5 Å². The molecule has 0 spiro atoms. The van der Waals surface area contributed by atoms with Gasteiger partial charge in [0.15, 0.2) is 17.5 Å². The highest BCUT2D eigenvalue weighted by Gasteiger charge is 2.68. The smallest absolute Gasteiger partial charge is 0.426 e. The van der Waals surface area contributed by atoms with E-state index in [1.54, 1.807) is 0 Å². The van der Waals surface area contributed by atoms with E-state index < -0.39 is 47.9 Å². The van der Waals surface area contributed by atoms with E-state index in [4.69, 9.17) is 0 Å². The van der Waals surface area contributed by atoms with Gasteiger partial charge in [0.2, 0.25) is 6.10 Å². The number of rotatable bonds is 3. The summed E-state index contributed by atoms with van der Waals surface area (Å²) < 4.78 is 142. The van der Waals surface area contributed by atoms with Gasteiger partial charge in [-0.1, -0.05) is 0 Å². The maximum Gasteiger partial charge on any atom is 0.426 e. The van der Waals surface area contributed by atoms with E-state index in [1.165, 1.54) is 0 Å². The van der Waals surface area contributed by atoms with Crippen molar-refractivity contribution in [3.63, 3.8) is 0 Å². The van der Waals surface area contributed by atoms with Crippen molar-refractivity contribution in [2.45, 2.75) is 24.6 Å². The summed E-state index contributed by atoms with van der Waals surface area (Å²) in [5, 5.41) is 0. The number of hydrogen-bond donors (Lipinski definition) is 0. The highest BCUT2D eigenvalue weighted by Crippen LogP contribution is 2.47. The van der Waals surface area contributed by atoms with Gasteiger partial charge in [-0.05, 0) is 12.1 Å². The molecule has 1 unspecified atom stereocenters.